The molecule has 0 saturated heterocycles. The van der Waals surface area contributed by atoms with Gasteiger partial charge in [-0.2, -0.15) is 0 Å². The highest BCUT2D eigenvalue weighted by atomic mass is 79.9. The van der Waals surface area contributed by atoms with Crippen LogP contribution in [0.25, 0.3) is 0 Å². The Labute approximate surface area is 259 Å². The lowest BCUT2D eigenvalue weighted by molar-refractivity contribution is -0.690. The van der Waals surface area contributed by atoms with Crippen molar-refractivity contribution in [2.75, 3.05) is 6.61 Å². The lowest BCUT2D eigenvalue weighted by Crippen LogP contribution is -3.00. The Bertz CT molecular complexity index is 1150. The zero-order valence-electron chi connectivity index (χ0n) is 26.3. The van der Waals surface area contributed by atoms with E-state index in [2.05, 4.69) is 51.6 Å². The Hall–Kier alpha value is -0.750. The van der Waals surface area contributed by atoms with Gasteiger partial charge in [-0.15, -0.1) is 0 Å². The first-order valence-corrected chi connectivity index (χ1v) is 16.4. The standard InChI is InChI=1S/C36H56NO3.BrH/c1-24(20-37-19-7-8-25(21-37)22-38)26-11-16-36(23-39)18-17-34(5)27(31(26)36)9-10-29-33(4)14-13-30(40)32(2,3)28(33)12-15-35(29,34)6;/h7-8,19,21,26-31,38-40H,1,9-18,20,22-23H2,2-6H3;1H/q+1;/p-1/t26-,27+,28-,29?,30?,31+,33-,34+,35+,36+;/m0./s1. The minimum Gasteiger partial charge on any atom is -1.00 e. The van der Waals surface area contributed by atoms with Crippen LogP contribution in [0.3, 0.4) is 0 Å². The molecule has 1 heterocycles. The topological polar surface area (TPSA) is 64.6 Å². The third-order valence-electron chi connectivity index (χ3n) is 14.9. The molecule has 5 aliphatic rings. The normalized spacial score (nSPS) is 46.3. The average molecular weight is 631 g/mol. The van der Waals surface area contributed by atoms with E-state index >= 15 is 0 Å². The molecule has 0 spiro atoms. The van der Waals surface area contributed by atoms with E-state index in [1.807, 2.05) is 12.1 Å². The second-order valence-corrected chi connectivity index (χ2v) is 16.4. The Balaban J connectivity index is 0.00000337. The smallest absolute Gasteiger partial charge is 0.174 e. The second-order valence-electron chi connectivity index (χ2n) is 16.4. The first-order valence-electron chi connectivity index (χ1n) is 16.4. The van der Waals surface area contributed by atoms with Crippen molar-refractivity contribution in [2.24, 2.45) is 56.7 Å². The van der Waals surface area contributed by atoms with Gasteiger partial charge in [0.15, 0.2) is 18.9 Å². The van der Waals surface area contributed by atoms with Gasteiger partial charge >= 0.3 is 0 Å². The van der Waals surface area contributed by atoms with Crippen LogP contribution >= 0.6 is 0 Å². The summed E-state index contributed by atoms with van der Waals surface area (Å²) in [6.45, 7) is 18.5. The fraction of sp³-hybridized carbons (Fsp3) is 0.806. The molecule has 5 aliphatic carbocycles. The summed E-state index contributed by atoms with van der Waals surface area (Å²) >= 11 is 0. The number of hydrogen-bond acceptors (Lipinski definition) is 3. The van der Waals surface area contributed by atoms with E-state index in [0.29, 0.717) is 47.0 Å². The Morgan fingerprint density at radius 3 is 2.37 bits per heavy atom. The van der Waals surface area contributed by atoms with Crippen molar-refractivity contribution in [3.63, 3.8) is 0 Å². The predicted octanol–water partition coefficient (Wildman–Crippen LogP) is 3.46. The third kappa shape index (κ3) is 4.40. The second kappa shape index (κ2) is 10.7. The van der Waals surface area contributed by atoms with Crippen LogP contribution in [-0.4, -0.2) is 28.0 Å². The molecular formula is C36H56BrNO3. The minimum absolute atomic E-state index is 0. The van der Waals surface area contributed by atoms with E-state index in [4.69, 9.17) is 6.58 Å². The van der Waals surface area contributed by atoms with Crippen molar-refractivity contribution >= 4 is 0 Å². The molecule has 1 aromatic rings. The number of hydrogen-bond donors (Lipinski definition) is 3. The molecule has 1 aromatic heterocycles. The van der Waals surface area contributed by atoms with Gasteiger partial charge in [0, 0.05) is 18.2 Å². The Kier molecular flexibility index (Phi) is 8.27. The molecule has 5 heteroatoms. The van der Waals surface area contributed by atoms with Crippen LogP contribution in [0.1, 0.15) is 104 Å². The van der Waals surface area contributed by atoms with Gasteiger partial charge in [-0.1, -0.05) is 41.2 Å². The lowest BCUT2D eigenvalue weighted by atomic mass is 9.32. The average Bonchev–Trinajstić information content (AvgIpc) is 3.32. The van der Waals surface area contributed by atoms with E-state index < -0.39 is 0 Å². The number of allylic oxidation sites excluding steroid dienone is 1. The summed E-state index contributed by atoms with van der Waals surface area (Å²) < 4.78 is 2.19. The van der Waals surface area contributed by atoms with Gasteiger partial charge < -0.3 is 32.3 Å². The molecule has 0 aromatic carbocycles. The van der Waals surface area contributed by atoms with Crippen molar-refractivity contribution in [2.45, 2.75) is 118 Å². The highest BCUT2D eigenvalue weighted by molar-refractivity contribution is 5.22. The lowest BCUT2D eigenvalue weighted by Gasteiger charge is -2.73. The van der Waals surface area contributed by atoms with E-state index in [9.17, 15) is 15.3 Å². The van der Waals surface area contributed by atoms with E-state index in [0.717, 1.165) is 44.2 Å². The molecule has 0 amide bonds. The number of aliphatic hydroxyl groups excluding tert-OH is 3. The first-order chi connectivity index (χ1) is 18.9. The Morgan fingerprint density at radius 1 is 0.902 bits per heavy atom. The number of aliphatic hydroxyl groups is 3. The summed E-state index contributed by atoms with van der Waals surface area (Å²) in [6.07, 6.45) is 15.8. The highest BCUT2D eigenvalue weighted by Crippen LogP contribution is 2.77. The zero-order valence-corrected chi connectivity index (χ0v) is 27.9. The van der Waals surface area contributed by atoms with Crippen LogP contribution in [-0.2, 0) is 13.2 Å². The maximum absolute atomic E-state index is 11.0. The number of rotatable bonds is 5. The number of fused-ring (bicyclic) bond motifs is 7. The van der Waals surface area contributed by atoms with Crippen LogP contribution in [0.4, 0.5) is 0 Å². The molecule has 5 saturated carbocycles. The van der Waals surface area contributed by atoms with Gasteiger partial charge in [-0.3, -0.25) is 0 Å². The Morgan fingerprint density at radius 2 is 1.66 bits per heavy atom. The van der Waals surface area contributed by atoms with E-state index in [1.165, 1.54) is 37.7 Å². The maximum Gasteiger partial charge on any atom is 0.174 e. The molecule has 6 rings (SSSR count). The third-order valence-corrected chi connectivity index (χ3v) is 14.9. The largest absolute Gasteiger partial charge is 1.00 e. The molecule has 0 radical (unpaired) electrons. The summed E-state index contributed by atoms with van der Waals surface area (Å²) in [5.74, 6) is 2.85. The van der Waals surface area contributed by atoms with Crippen LogP contribution in [0.5, 0.6) is 0 Å². The summed E-state index contributed by atoms with van der Waals surface area (Å²) in [6, 6.07) is 3.99. The number of nitrogens with zero attached hydrogens (tertiary/aromatic N) is 1. The SMILES string of the molecule is C=C(C[n+]1cccc(CO)c1)[C@@H]1CC[C@]2(CO)CC[C@]3(C)[C@H](CCC4[C@@]5(C)CCC(O)C(C)(C)[C@@H]5CC[C@]43C)[C@@H]12.[Br-]. The van der Waals surface area contributed by atoms with Crippen molar-refractivity contribution in [1.82, 2.24) is 0 Å². The monoisotopic (exact) mass is 629 g/mol. The highest BCUT2D eigenvalue weighted by Gasteiger charge is 2.70. The molecule has 2 unspecified atom stereocenters. The molecule has 5 fully saturated rings. The van der Waals surface area contributed by atoms with E-state index in [1.54, 1.807) is 0 Å². The predicted molar refractivity (Wildman–Crippen MR) is 159 cm³/mol. The van der Waals surface area contributed by atoms with Crippen molar-refractivity contribution in [1.29, 1.82) is 0 Å². The van der Waals surface area contributed by atoms with Crippen LogP contribution in [0.15, 0.2) is 36.7 Å². The molecule has 3 N–H and O–H groups in total. The van der Waals surface area contributed by atoms with Gasteiger partial charge in [0.1, 0.15) is 0 Å². The summed E-state index contributed by atoms with van der Waals surface area (Å²) in [4.78, 5) is 0. The van der Waals surface area contributed by atoms with E-state index in [-0.39, 0.29) is 45.9 Å². The number of halogens is 1. The van der Waals surface area contributed by atoms with Crippen LogP contribution in [0.2, 0.25) is 0 Å². The summed E-state index contributed by atoms with van der Waals surface area (Å²) in [5, 5.41) is 31.6. The van der Waals surface area contributed by atoms with Gasteiger partial charge in [-0.25, -0.2) is 4.57 Å². The molecule has 41 heavy (non-hydrogen) atoms. The summed E-state index contributed by atoms with van der Waals surface area (Å²) in [5.41, 5.74) is 3.12. The molecule has 230 valence electrons. The summed E-state index contributed by atoms with van der Waals surface area (Å²) in [7, 11) is 0. The van der Waals surface area contributed by atoms with Crippen molar-refractivity contribution < 1.29 is 36.9 Å². The van der Waals surface area contributed by atoms with Crippen LogP contribution in [0, 0.1) is 56.7 Å². The molecule has 0 aliphatic heterocycles. The molecule has 10 atom stereocenters. The fourth-order valence-electron chi connectivity index (χ4n) is 12.6. The number of pyridine rings is 1. The maximum atomic E-state index is 11.0. The van der Waals surface area contributed by atoms with Crippen molar-refractivity contribution in [3.05, 3.63) is 42.2 Å². The van der Waals surface area contributed by atoms with Crippen LogP contribution < -0.4 is 21.5 Å². The number of aromatic nitrogens is 1. The van der Waals surface area contributed by atoms with Gasteiger partial charge in [0.25, 0.3) is 0 Å². The fourth-order valence-corrected chi connectivity index (χ4v) is 12.6. The first kappa shape index (κ1) is 31.7. The molecular weight excluding hydrogens is 574 g/mol. The molecule has 4 nitrogen and oxygen atoms in total. The van der Waals surface area contributed by atoms with Gasteiger partial charge in [-0.05, 0) is 133 Å². The zero-order chi connectivity index (χ0) is 28.7. The van der Waals surface area contributed by atoms with Gasteiger partial charge in [0.05, 0.1) is 12.7 Å². The quantitative estimate of drug-likeness (QED) is 0.345. The minimum atomic E-state index is -0.178. The molecule has 0 bridgehead atoms. The van der Waals surface area contributed by atoms with Crippen molar-refractivity contribution in [3.8, 4) is 0 Å². The van der Waals surface area contributed by atoms with Gasteiger partial charge in [0.2, 0.25) is 0 Å².